The molecule has 0 spiro atoms. The zero-order chi connectivity index (χ0) is 19.3. The summed E-state index contributed by atoms with van der Waals surface area (Å²) < 4.78 is 16.4. The van der Waals surface area contributed by atoms with Crippen molar-refractivity contribution in [3.63, 3.8) is 0 Å². The lowest BCUT2D eigenvalue weighted by Crippen LogP contribution is -2.38. The number of aliphatic hydroxyl groups excluding tert-OH is 1. The maximum Gasteiger partial charge on any atom is 0.191 e. The van der Waals surface area contributed by atoms with Crippen molar-refractivity contribution < 1.29 is 19.3 Å². The van der Waals surface area contributed by atoms with E-state index in [1.807, 2.05) is 31.2 Å². The van der Waals surface area contributed by atoms with Gasteiger partial charge in [-0.2, -0.15) is 0 Å². The Morgan fingerprint density at radius 3 is 2.96 bits per heavy atom. The molecule has 1 fully saturated rings. The van der Waals surface area contributed by atoms with Gasteiger partial charge in [0.05, 0.1) is 32.5 Å². The molecule has 0 radical (unpaired) electrons. The zero-order valence-corrected chi connectivity index (χ0v) is 19.2. The van der Waals surface area contributed by atoms with Crippen molar-refractivity contribution in [2.45, 2.75) is 38.4 Å². The first-order chi connectivity index (χ1) is 13.2. The van der Waals surface area contributed by atoms with Crippen molar-refractivity contribution in [2.24, 2.45) is 4.99 Å². The fourth-order valence-electron chi connectivity index (χ4n) is 2.85. The van der Waals surface area contributed by atoms with Gasteiger partial charge in [0.15, 0.2) is 5.96 Å². The van der Waals surface area contributed by atoms with Gasteiger partial charge >= 0.3 is 0 Å². The van der Waals surface area contributed by atoms with E-state index in [-0.39, 0.29) is 36.6 Å². The highest BCUT2D eigenvalue weighted by Crippen LogP contribution is 2.19. The van der Waals surface area contributed by atoms with E-state index in [0.29, 0.717) is 19.2 Å². The Morgan fingerprint density at radius 2 is 2.25 bits per heavy atom. The minimum atomic E-state index is -0.676. The van der Waals surface area contributed by atoms with Crippen molar-refractivity contribution in [3.8, 4) is 5.75 Å². The summed E-state index contributed by atoms with van der Waals surface area (Å²) in [5.41, 5.74) is 0.788. The number of aliphatic hydroxyl groups is 1. The van der Waals surface area contributed by atoms with Gasteiger partial charge < -0.3 is 30.0 Å². The van der Waals surface area contributed by atoms with Gasteiger partial charge in [0.2, 0.25) is 0 Å². The van der Waals surface area contributed by atoms with E-state index in [1.54, 1.807) is 7.11 Å². The molecule has 3 N–H and O–H groups in total. The topological polar surface area (TPSA) is 84.3 Å². The Kier molecular flexibility index (Phi) is 13.2. The number of nitrogens with zero attached hydrogens (tertiary/aromatic N) is 1. The summed E-state index contributed by atoms with van der Waals surface area (Å²) in [4.78, 5) is 4.47. The molecule has 0 aromatic heterocycles. The largest absolute Gasteiger partial charge is 0.497 e. The van der Waals surface area contributed by atoms with E-state index in [2.05, 4.69) is 15.6 Å². The number of aliphatic imine (C=N–C) groups is 1. The lowest BCUT2D eigenvalue weighted by atomic mass is 10.1. The van der Waals surface area contributed by atoms with Crippen molar-refractivity contribution >= 4 is 29.9 Å². The molecule has 1 saturated heterocycles. The van der Waals surface area contributed by atoms with E-state index in [4.69, 9.17) is 14.2 Å². The highest BCUT2D eigenvalue weighted by molar-refractivity contribution is 14.0. The monoisotopic (exact) mass is 507 g/mol. The number of guanidine groups is 1. The number of halogens is 1. The summed E-state index contributed by atoms with van der Waals surface area (Å²) in [6, 6.07) is 7.41. The number of methoxy groups -OCH3 is 1. The van der Waals surface area contributed by atoms with E-state index >= 15 is 0 Å². The first kappa shape index (κ1) is 24.9. The van der Waals surface area contributed by atoms with Gasteiger partial charge in [-0.1, -0.05) is 12.1 Å². The first-order valence-electron chi connectivity index (χ1n) is 9.76. The van der Waals surface area contributed by atoms with Crippen LogP contribution in [0.1, 0.15) is 37.9 Å². The van der Waals surface area contributed by atoms with Crippen LogP contribution in [0.4, 0.5) is 0 Å². The molecule has 1 aromatic carbocycles. The third-order valence-corrected chi connectivity index (χ3v) is 4.33. The summed E-state index contributed by atoms with van der Waals surface area (Å²) >= 11 is 0. The molecule has 0 bridgehead atoms. The highest BCUT2D eigenvalue weighted by atomic mass is 127. The first-order valence-corrected chi connectivity index (χ1v) is 9.76. The summed E-state index contributed by atoms with van der Waals surface area (Å²) in [5, 5.41) is 16.8. The Bertz CT molecular complexity index is 568. The van der Waals surface area contributed by atoms with Crippen LogP contribution in [0.2, 0.25) is 0 Å². The summed E-state index contributed by atoms with van der Waals surface area (Å²) in [7, 11) is 1.61. The quantitative estimate of drug-likeness (QED) is 0.185. The zero-order valence-electron chi connectivity index (χ0n) is 16.9. The van der Waals surface area contributed by atoms with Gasteiger partial charge in [-0.05, 0) is 43.9 Å². The predicted octanol–water partition coefficient (Wildman–Crippen LogP) is 2.49. The number of ether oxygens (including phenoxy) is 3. The van der Waals surface area contributed by atoms with Gasteiger partial charge in [-0.15, -0.1) is 24.0 Å². The molecule has 7 nitrogen and oxygen atoms in total. The SMILES string of the molecule is CCNC(=NCC(O)c1cccc(OC)c1)NCCCOCC1CCCO1.I. The molecule has 160 valence electrons. The number of hydrogen-bond donors (Lipinski definition) is 3. The van der Waals surface area contributed by atoms with Crippen LogP contribution in [0, 0.1) is 0 Å². The van der Waals surface area contributed by atoms with Crippen LogP contribution in [0.25, 0.3) is 0 Å². The summed E-state index contributed by atoms with van der Waals surface area (Å²) in [6.07, 6.45) is 2.72. The maximum atomic E-state index is 10.4. The highest BCUT2D eigenvalue weighted by Gasteiger charge is 2.15. The molecule has 1 heterocycles. The minimum absolute atomic E-state index is 0. The Balaban J connectivity index is 0.00000392. The molecule has 1 aliphatic heterocycles. The van der Waals surface area contributed by atoms with E-state index in [0.717, 1.165) is 50.3 Å². The fraction of sp³-hybridized carbons (Fsp3) is 0.650. The van der Waals surface area contributed by atoms with Gasteiger partial charge in [-0.25, -0.2) is 0 Å². The van der Waals surface area contributed by atoms with Crippen LogP contribution in [0.5, 0.6) is 5.75 Å². The van der Waals surface area contributed by atoms with Gasteiger partial charge in [0, 0.05) is 26.3 Å². The molecule has 28 heavy (non-hydrogen) atoms. The van der Waals surface area contributed by atoms with E-state index in [1.165, 1.54) is 0 Å². The number of nitrogens with one attached hydrogen (secondary N) is 2. The van der Waals surface area contributed by atoms with Crippen LogP contribution in [0.15, 0.2) is 29.3 Å². The molecule has 0 aliphatic carbocycles. The normalized spacial score (nSPS) is 17.7. The molecule has 2 atom stereocenters. The molecular weight excluding hydrogens is 473 g/mol. The number of hydrogen-bond acceptors (Lipinski definition) is 5. The minimum Gasteiger partial charge on any atom is -0.497 e. The van der Waals surface area contributed by atoms with E-state index in [9.17, 15) is 5.11 Å². The van der Waals surface area contributed by atoms with Crippen molar-refractivity contribution in [1.82, 2.24) is 10.6 Å². The van der Waals surface area contributed by atoms with Gasteiger partial charge in [0.1, 0.15) is 5.75 Å². The second-order valence-corrected chi connectivity index (χ2v) is 6.50. The number of rotatable bonds is 11. The average Bonchev–Trinajstić information content (AvgIpc) is 3.21. The average molecular weight is 507 g/mol. The van der Waals surface area contributed by atoms with Crippen LogP contribution in [-0.2, 0) is 9.47 Å². The third kappa shape index (κ3) is 9.40. The lowest BCUT2D eigenvalue weighted by molar-refractivity contribution is 0.0168. The van der Waals surface area contributed by atoms with Gasteiger partial charge in [-0.3, -0.25) is 4.99 Å². The molecule has 1 aliphatic rings. The molecule has 8 heteroatoms. The van der Waals surface area contributed by atoms with Crippen molar-refractivity contribution in [2.75, 3.05) is 46.6 Å². The molecule has 0 amide bonds. The standard InChI is InChI=1S/C20H33N3O4.HI/c1-3-21-20(22-10-6-11-26-15-18-9-5-12-27-18)23-14-19(24)16-7-4-8-17(13-16)25-2;/h4,7-8,13,18-19,24H,3,5-6,9-12,14-15H2,1-2H3,(H2,21,22,23);1H. The molecule has 0 saturated carbocycles. The van der Waals surface area contributed by atoms with Crippen LogP contribution in [-0.4, -0.2) is 63.7 Å². The summed E-state index contributed by atoms with van der Waals surface area (Å²) in [6.45, 7) is 6.04. The lowest BCUT2D eigenvalue weighted by Gasteiger charge is -2.14. The molecule has 2 unspecified atom stereocenters. The maximum absolute atomic E-state index is 10.4. The second-order valence-electron chi connectivity index (χ2n) is 6.50. The number of benzene rings is 1. The van der Waals surface area contributed by atoms with E-state index < -0.39 is 6.10 Å². The van der Waals surface area contributed by atoms with Crippen LogP contribution in [0.3, 0.4) is 0 Å². The summed E-state index contributed by atoms with van der Waals surface area (Å²) in [5.74, 6) is 1.42. The smallest absolute Gasteiger partial charge is 0.191 e. The van der Waals surface area contributed by atoms with Gasteiger partial charge in [0.25, 0.3) is 0 Å². The molecule has 1 aromatic rings. The van der Waals surface area contributed by atoms with Crippen molar-refractivity contribution in [3.05, 3.63) is 29.8 Å². The second kappa shape index (κ2) is 14.8. The predicted molar refractivity (Wildman–Crippen MR) is 122 cm³/mol. The Labute approximate surface area is 185 Å². The Morgan fingerprint density at radius 1 is 1.39 bits per heavy atom. The molecule has 2 rings (SSSR count). The van der Waals surface area contributed by atoms with Crippen LogP contribution >= 0.6 is 24.0 Å². The van der Waals surface area contributed by atoms with Crippen molar-refractivity contribution in [1.29, 1.82) is 0 Å². The Hall–Kier alpha value is -1.10. The molecular formula is C20H34IN3O4. The van der Waals surface area contributed by atoms with Crippen LogP contribution < -0.4 is 15.4 Å². The third-order valence-electron chi connectivity index (χ3n) is 4.33. The fourth-order valence-corrected chi connectivity index (χ4v) is 2.85.